The maximum atomic E-state index is 12.1. The summed E-state index contributed by atoms with van der Waals surface area (Å²) in [6.45, 7) is 3.26. The van der Waals surface area contributed by atoms with Gasteiger partial charge in [0.1, 0.15) is 5.41 Å². The van der Waals surface area contributed by atoms with Gasteiger partial charge in [-0.2, -0.15) is 0 Å². The number of carbonyl (C=O) groups is 3. The molecule has 4 amide bonds. The van der Waals surface area contributed by atoms with Crippen LogP contribution in [0, 0.1) is 5.41 Å². The summed E-state index contributed by atoms with van der Waals surface area (Å²) in [7, 11) is 0. The number of imide groups is 2. The summed E-state index contributed by atoms with van der Waals surface area (Å²) in [6, 6.07) is 2.99. The van der Waals surface area contributed by atoms with Crippen LogP contribution in [0.5, 0.6) is 0 Å². The maximum absolute atomic E-state index is 12.1. The monoisotopic (exact) mass is 261 g/mol. The van der Waals surface area contributed by atoms with Crippen LogP contribution in [0.3, 0.4) is 0 Å². The van der Waals surface area contributed by atoms with E-state index in [0.29, 0.717) is 6.42 Å². The van der Waals surface area contributed by atoms with Gasteiger partial charge in [0.15, 0.2) is 0 Å². The lowest BCUT2D eigenvalue weighted by atomic mass is 9.88. The zero-order chi connectivity index (χ0) is 14.0. The second-order valence-corrected chi connectivity index (χ2v) is 4.95. The number of nitrogens with zero attached hydrogens (tertiary/aromatic N) is 2. The van der Waals surface area contributed by atoms with E-state index < -0.39 is 23.3 Å². The molecule has 0 radical (unpaired) electrons. The summed E-state index contributed by atoms with van der Waals surface area (Å²) in [5.41, 5.74) is -0.225. The van der Waals surface area contributed by atoms with Crippen molar-refractivity contribution in [2.24, 2.45) is 5.41 Å². The van der Waals surface area contributed by atoms with Crippen molar-refractivity contribution in [3.05, 3.63) is 30.1 Å². The lowest BCUT2D eigenvalue weighted by Gasteiger charge is -2.34. The third kappa shape index (κ3) is 2.47. The number of hydrogen-bond donors (Lipinski definition) is 1. The Hall–Kier alpha value is -2.24. The van der Waals surface area contributed by atoms with Crippen molar-refractivity contribution in [2.45, 2.75) is 20.3 Å². The highest BCUT2D eigenvalue weighted by atomic mass is 16.2. The zero-order valence-electron chi connectivity index (χ0n) is 10.8. The fourth-order valence-corrected chi connectivity index (χ4v) is 1.84. The van der Waals surface area contributed by atoms with E-state index in [9.17, 15) is 14.4 Å². The van der Waals surface area contributed by atoms with Crippen LogP contribution in [0.4, 0.5) is 4.79 Å². The number of amides is 4. The van der Waals surface area contributed by atoms with Crippen molar-refractivity contribution in [1.29, 1.82) is 0 Å². The predicted molar refractivity (Wildman–Crippen MR) is 67.0 cm³/mol. The molecule has 19 heavy (non-hydrogen) atoms. The quantitative estimate of drug-likeness (QED) is 0.813. The smallest absolute Gasteiger partial charge is 0.277 e. The molecule has 1 aliphatic heterocycles. The minimum absolute atomic E-state index is 0.241. The van der Waals surface area contributed by atoms with E-state index in [2.05, 4.69) is 10.3 Å². The average molecular weight is 261 g/mol. The second kappa shape index (κ2) is 4.79. The molecular formula is C13H15N3O3. The number of nitrogens with one attached hydrogen (secondary N) is 1. The molecule has 0 aliphatic carbocycles. The first-order chi connectivity index (χ1) is 8.93. The molecule has 2 rings (SSSR count). The topological polar surface area (TPSA) is 79.4 Å². The number of urea groups is 1. The van der Waals surface area contributed by atoms with E-state index in [1.807, 2.05) is 12.1 Å². The molecule has 100 valence electrons. The molecule has 1 N–H and O–H groups in total. The number of barbiturate groups is 1. The van der Waals surface area contributed by atoms with Gasteiger partial charge >= 0.3 is 6.03 Å². The van der Waals surface area contributed by atoms with Gasteiger partial charge in [-0.3, -0.25) is 24.8 Å². The molecule has 0 saturated carbocycles. The summed E-state index contributed by atoms with van der Waals surface area (Å²) in [6.07, 6.45) is 3.84. The van der Waals surface area contributed by atoms with E-state index in [1.54, 1.807) is 12.4 Å². The van der Waals surface area contributed by atoms with Crippen molar-refractivity contribution >= 4 is 17.8 Å². The van der Waals surface area contributed by atoms with Gasteiger partial charge in [-0.25, -0.2) is 4.79 Å². The normalized spacial score (nSPS) is 18.4. The molecule has 1 aromatic heterocycles. The van der Waals surface area contributed by atoms with Crippen molar-refractivity contribution in [2.75, 3.05) is 6.54 Å². The number of rotatable bonds is 3. The zero-order valence-corrected chi connectivity index (χ0v) is 10.8. The summed E-state index contributed by atoms with van der Waals surface area (Å²) in [4.78, 5) is 40.4. The van der Waals surface area contributed by atoms with E-state index in [-0.39, 0.29) is 6.54 Å². The van der Waals surface area contributed by atoms with Crippen LogP contribution in [0.2, 0.25) is 0 Å². The molecule has 1 aromatic rings. The summed E-state index contributed by atoms with van der Waals surface area (Å²) in [5, 5.41) is 2.20. The summed E-state index contributed by atoms with van der Waals surface area (Å²) in [5.74, 6) is -1.02. The Bertz CT molecular complexity index is 525. The summed E-state index contributed by atoms with van der Waals surface area (Å²) < 4.78 is 0. The molecule has 1 aliphatic rings. The van der Waals surface area contributed by atoms with Crippen LogP contribution in [0.25, 0.3) is 0 Å². The van der Waals surface area contributed by atoms with Crippen LogP contribution in [0.1, 0.15) is 19.4 Å². The molecular weight excluding hydrogens is 246 g/mol. The minimum atomic E-state index is -1.20. The van der Waals surface area contributed by atoms with Gasteiger partial charge in [-0.15, -0.1) is 0 Å². The van der Waals surface area contributed by atoms with Gasteiger partial charge in [0.2, 0.25) is 11.8 Å². The summed E-state index contributed by atoms with van der Waals surface area (Å²) >= 11 is 0. The SMILES string of the molecule is CC1(C)C(=O)NC(=O)N(CCc2ccncc2)C1=O. The van der Waals surface area contributed by atoms with E-state index >= 15 is 0 Å². The minimum Gasteiger partial charge on any atom is -0.277 e. The lowest BCUT2D eigenvalue weighted by Crippen LogP contribution is -2.62. The molecule has 6 nitrogen and oxygen atoms in total. The Labute approximate surface area is 110 Å². The predicted octanol–water partition coefficient (Wildman–Crippen LogP) is 0.729. The Kier molecular flexibility index (Phi) is 3.33. The van der Waals surface area contributed by atoms with Gasteiger partial charge in [-0.1, -0.05) is 0 Å². The van der Waals surface area contributed by atoms with Crippen molar-refractivity contribution < 1.29 is 14.4 Å². The van der Waals surface area contributed by atoms with E-state index in [4.69, 9.17) is 0 Å². The van der Waals surface area contributed by atoms with Crippen molar-refractivity contribution in [3.63, 3.8) is 0 Å². The van der Waals surface area contributed by atoms with Crippen molar-refractivity contribution in [3.8, 4) is 0 Å². The van der Waals surface area contributed by atoms with E-state index in [1.165, 1.54) is 13.8 Å². The molecule has 0 spiro atoms. The number of carbonyl (C=O) groups excluding carboxylic acids is 3. The fraction of sp³-hybridized carbons (Fsp3) is 0.385. The van der Waals surface area contributed by atoms with Gasteiger partial charge < -0.3 is 0 Å². The van der Waals surface area contributed by atoms with E-state index in [0.717, 1.165) is 10.5 Å². The van der Waals surface area contributed by atoms with Crippen LogP contribution in [-0.4, -0.2) is 34.3 Å². The highest BCUT2D eigenvalue weighted by Crippen LogP contribution is 2.23. The van der Waals surface area contributed by atoms with Gasteiger partial charge in [-0.05, 0) is 38.0 Å². The molecule has 0 aromatic carbocycles. The Morgan fingerprint density at radius 2 is 1.84 bits per heavy atom. The first-order valence-electron chi connectivity index (χ1n) is 5.99. The standard InChI is InChI=1S/C13H15N3O3/c1-13(2)10(17)15-12(19)16(11(13)18)8-5-9-3-6-14-7-4-9/h3-4,6-7H,5,8H2,1-2H3,(H,15,17,19). The van der Waals surface area contributed by atoms with Gasteiger partial charge in [0.05, 0.1) is 0 Å². The Morgan fingerprint density at radius 1 is 1.21 bits per heavy atom. The average Bonchev–Trinajstić information content (AvgIpc) is 2.38. The molecule has 1 saturated heterocycles. The maximum Gasteiger partial charge on any atom is 0.330 e. The van der Waals surface area contributed by atoms with Crippen LogP contribution in [-0.2, 0) is 16.0 Å². The lowest BCUT2D eigenvalue weighted by molar-refractivity contribution is -0.148. The number of hydrogen-bond acceptors (Lipinski definition) is 4. The molecule has 0 bridgehead atoms. The van der Waals surface area contributed by atoms with Crippen LogP contribution >= 0.6 is 0 Å². The third-order valence-corrected chi connectivity index (χ3v) is 3.19. The molecule has 0 atom stereocenters. The highest BCUT2D eigenvalue weighted by molar-refractivity contribution is 6.18. The van der Waals surface area contributed by atoms with Crippen LogP contribution in [0.15, 0.2) is 24.5 Å². The number of pyridine rings is 1. The van der Waals surface area contributed by atoms with Crippen LogP contribution < -0.4 is 5.32 Å². The third-order valence-electron chi connectivity index (χ3n) is 3.19. The molecule has 0 unspecified atom stereocenters. The fourth-order valence-electron chi connectivity index (χ4n) is 1.84. The molecule has 1 fully saturated rings. The molecule has 2 heterocycles. The second-order valence-electron chi connectivity index (χ2n) is 4.95. The van der Waals surface area contributed by atoms with Crippen molar-refractivity contribution in [1.82, 2.24) is 15.2 Å². The first-order valence-corrected chi connectivity index (χ1v) is 5.99. The Balaban J connectivity index is 2.09. The highest BCUT2D eigenvalue weighted by Gasteiger charge is 2.46. The number of aromatic nitrogens is 1. The first kappa shape index (κ1) is 13.2. The van der Waals surface area contributed by atoms with Gasteiger partial charge in [0.25, 0.3) is 0 Å². The van der Waals surface area contributed by atoms with Gasteiger partial charge in [0, 0.05) is 18.9 Å². The largest absolute Gasteiger partial charge is 0.330 e. The Morgan fingerprint density at radius 3 is 2.47 bits per heavy atom. The molecule has 6 heteroatoms.